The van der Waals surface area contributed by atoms with E-state index in [1.54, 1.807) is 12.1 Å². The number of carbonyl (C=O) groups is 4. The highest BCUT2D eigenvalue weighted by atomic mass is 35.5. The summed E-state index contributed by atoms with van der Waals surface area (Å²) < 4.78 is 43.3. The summed E-state index contributed by atoms with van der Waals surface area (Å²) in [4.78, 5) is 58.4. The predicted molar refractivity (Wildman–Crippen MR) is 153 cm³/mol. The number of rotatable bonds is 13. The third-order valence-electron chi connectivity index (χ3n) is 6.43. The minimum atomic E-state index is -4.64. The van der Waals surface area contributed by atoms with Crippen molar-refractivity contribution in [3.63, 3.8) is 0 Å². The van der Waals surface area contributed by atoms with Crippen molar-refractivity contribution in [1.82, 2.24) is 25.6 Å². The molecule has 3 amide bonds. The highest BCUT2D eigenvalue weighted by molar-refractivity contribution is 6.34. The molecule has 0 bridgehead atoms. The van der Waals surface area contributed by atoms with E-state index in [2.05, 4.69) is 36.2 Å². The largest absolute Gasteiger partial charge is 0.480 e. The van der Waals surface area contributed by atoms with Crippen molar-refractivity contribution in [2.75, 3.05) is 23.8 Å². The van der Waals surface area contributed by atoms with Crippen LogP contribution < -0.4 is 31.7 Å². The van der Waals surface area contributed by atoms with Gasteiger partial charge in [0.15, 0.2) is 6.61 Å². The Kier molecular flexibility index (Phi) is 9.91. The van der Waals surface area contributed by atoms with Crippen LogP contribution in [0, 0.1) is 0 Å². The third-order valence-corrected chi connectivity index (χ3v) is 6.68. The van der Waals surface area contributed by atoms with E-state index in [0.29, 0.717) is 23.6 Å². The van der Waals surface area contributed by atoms with Crippen LogP contribution in [0.5, 0.6) is 6.01 Å². The summed E-state index contributed by atoms with van der Waals surface area (Å²) in [5.74, 6) is -4.65. The molecule has 0 saturated heterocycles. The molecule has 238 valence electrons. The number of hydrogen-bond acceptors (Lipinski definition) is 10. The second-order valence-corrected chi connectivity index (χ2v) is 10.3. The number of carboxylic acids is 1. The van der Waals surface area contributed by atoms with Crippen LogP contribution in [-0.4, -0.2) is 69.1 Å². The second-order valence-electron chi connectivity index (χ2n) is 9.86. The van der Waals surface area contributed by atoms with Crippen molar-refractivity contribution in [2.24, 2.45) is 5.73 Å². The lowest BCUT2D eigenvalue weighted by molar-refractivity contribution is -0.154. The zero-order valence-electron chi connectivity index (χ0n) is 23.2. The van der Waals surface area contributed by atoms with Gasteiger partial charge in [-0.2, -0.15) is 28.1 Å². The Morgan fingerprint density at radius 2 is 1.64 bits per heavy atom. The molecule has 1 aliphatic rings. The Hall–Kier alpha value is -5.19. The summed E-state index contributed by atoms with van der Waals surface area (Å²) in [7, 11) is 0. The number of nitrogens with one attached hydrogen (secondary N) is 4. The van der Waals surface area contributed by atoms with E-state index < -0.39 is 54.1 Å². The van der Waals surface area contributed by atoms with Gasteiger partial charge in [-0.05, 0) is 61.2 Å². The minimum Gasteiger partial charge on any atom is -0.480 e. The zero-order valence-corrected chi connectivity index (χ0v) is 23.9. The fourth-order valence-corrected chi connectivity index (χ4v) is 4.15. The van der Waals surface area contributed by atoms with E-state index in [9.17, 15) is 37.5 Å². The highest BCUT2D eigenvalue weighted by Gasteiger charge is 2.45. The van der Waals surface area contributed by atoms with E-state index >= 15 is 0 Å². The van der Waals surface area contributed by atoms with Gasteiger partial charge < -0.3 is 36.8 Å². The first kappa shape index (κ1) is 32.7. The lowest BCUT2D eigenvalue weighted by Crippen LogP contribution is -2.44. The molecule has 1 aromatic heterocycles. The van der Waals surface area contributed by atoms with Crippen molar-refractivity contribution in [3.05, 3.63) is 64.7 Å². The Labute approximate surface area is 257 Å². The number of nitrogens with two attached hydrogens (primary N) is 1. The summed E-state index contributed by atoms with van der Waals surface area (Å²) in [5, 5.41) is 20.4. The van der Waals surface area contributed by atoms with Crippen LogP contribution in [0.4, 0.5) is 30.8 Å². The summed E-state index contributed by atoms with van der Waals surface area (Å²) in [6.45, 7) is -1.86. The van der Waals surface area contributed by atoms with Crippen molar-refractivity contribution in [1.29, 1.82) is 0 Å². The number of carbonyl (C=O) groups excluding carboxylic acids is 3. The van der Waals surface area contributed by atoms with Gasteiger partial charge in [-0.3, -0.25) is 14.4 Å². The van der Waals surface area contributed by atoms with Crippen LogP contribution in [0.2, 0.25) is 5.02 Å². The monoisotopic (exact) mass is 650 g/mol. The molecule has 14 nitrogen and oxygen atoms in total. The fourth-order valence-electron chi connectivity index (χ4n) is 4.02. The molecule has 1 heterocycles. The molecule has 1 fully saturated rings. The van der Waals surface area contributed by atoms with Gasteiger partial charge in [0.05, 0.1) is 5.54 Å². The number of nitrogens with zero attached hydrogens (tertiary/aromatic N) is 3. The second kappa shape index (κ2) is 13.6. The number of primary amides is 1. The number of carboxylic acid groups (broad SMARTS) is 1. The number of ether oxygens (including phenoxy) is 1. The average Bonchev–Trinajstić information content (AvgIpc) is 3.75. The topological polar surface area (TPSA) is 211 Å². The van der Waals surface area contributed by atoms with Gasteiger partial charge in [0.1, 0.15) is 6.04 Å². The standard InChI is InChI=1S/C27H26ClF3N8O6/c28-16-5-3-15(4-6-16)26(10-11-26)39-24-36-23(37-25(38-24)45-13-27(29,30)31)34-17-7-1-14(2-8-17)20(41)35-18(22(43)44)9-12-33-21(42)19(32)40/h1-8,18H,9-13H2,(H2,32,40)(H,33,42)(H,35,41)(H,43,44)(H2,34,36,37,38,39). The van der Waals surface area contributed by atoms with E-state index in [-0.39, 0.29) is 30.4 Å². The maximum atomic E-state index is 12.8. The predicted octanol–water partition coefficient (Wildman–Crippen LogP) is 2.49. The number of amides is 3. The molecule has 2 aromatic carbocycles. The molecular weight excluding hydrogens is 625 g/mol. The van der Waals surface area contributed by atoms with Crippen molar-refractivity contribution in [3.8, 4) is 6.01 Å². The molecule has 45 heavy (non-hydrogen) atoms. The van der Waals surface area contributed by atoms with Gasteiger partial charge in [-0.15, -0.1) is 0 Å². The van der Waals surface area contributed by atoms with Crippen LogP contribution >= 0.6 is 11.6 Å². The fraction of sp³-hybridized carbons (Fsp3) is 0.296. The first-order valence-corrected chi connectivity index (χ1v) is 13.6. The molecule has 18 heteroatoms. The first-order chi connectivity index (χ1) is 21.2. The quantitative estimate of drug-likeness (QED) is 0.148. The Balaban J connectivity index is 1.46. The molecule has 0 aliphatic heterocycles. The molecule has 1 unspecified atom stereocenters. The summed E-state index contributed by atoms with van der Waals surface area (Å²) in [6.07, 6.45) is -3.46. The molecule has 4 rings (SSSR count). The van der Waals surface area contributed by atoms with Gasteiger partial charge in [0, 0.05) is 22.8 Å². The average molecular weight is 651 g/mol. The number of benzene rings is 2. The Morgan fingerprint density at radius 3 is 2.22 bits per heavy atom. The maximum Gasteiger partial charge on any atom is 0.422 e. The van der Waals surface area contributed by atoms with Gasteiger partial charge in [-0.1, -0.05) is 23.7 Å². The molecule has 0 radical (unpaired) electrons. The maximum absolute atomic E-state index is 12.8. The van der Waals surface area contributed by atoms with Crippen molar-refractivity contribution < 1.29 is 42.2 Å². The van der Waals surface area contributed by atoms with Gasteiger partial charge >= 0.3 is 30.0 Å². The Morgan fingerprint density at radius 1 is 1.00 bits per heavy atom. The molecule has 1 saturated carbocycles. The van der Waals surface area contributed by atoms with Crippen LogP contribution in [0.1, 0.15) is 35.2 Å². The van der Waals surface area contributed by atoms with E-state index in [1.807, 2.05) is 12.1 Å². The van der Waals surface area contributed by atoms with Gasteiger partial charge in [-0.25, -0.2) is 4.79 Å². The van der Waals surface area contributed by atoms with Crippen LogP contribution in [0.15, 0.2) is 48.5 Å². The van der Waals surface area contributed by atoms with E-state index in [0.717, 1.165) is 5.56 Å². The number of alkyl halides is 3. The lowest BCUT2D eigenvalue weighted by Gasteiger charge is -2.19. The minimum absolute atomic E-state index is 0.0418. The zero-order chi connectivity index (χ0) is 32.8. The van der Waals surface area contributed by atoms with Crippen molar-refractivity contribution in [2.45, 2.75) is 37.0 Å². The molecule has 1 atom stereocenters. The first-order valence-electron chi connectivity index (χ1n) is 13.2. The highest BCUT2D eigenvalue weighted by Crippen LogP contribution is 2.48. The molecule has 0 spiro atoms. The summed E-state index contributed by atoms with van der Waals surface area (Å²) in [6, 6.07) is 10.7. The number of aromatic nitrogens is 3. The van der Waals surface area contributed by atoms with E-state index in [4.69, 9.17) is 22.1 Å². The number of aliphatic carboxylic acids is 1. The Bertz CT molecular complexity index is 1570. The van der Waals surface area contributed by atoms with Crippen LogP contribution in [-0.2, 0) is 19.9 Å². The SMILES string of the molecule is NC(=O)C(=O)NCCC(NC(=O)c1ccc(Nc2nc(NC3(c4ccc(Cl)cc4)CC3)nc(OCC(F)(F)F)n2)cc1)C(=O)O. The summed E-state index contributed by atoms with van der Waals surface area (Å²) >= 11 is 5.99. The summed E-state index contributed by atoms with van der Waals surface area (Å²) in [5.41, 5.74) is 5.54. The molecular formula is C27H26ClF3N8O6. The lowest BCUT2D eigenvalue weighted by atomic mass is 10.1. The van der Waals surface area contributed by atoms with Gasteiger partial charge in [0.25, 0.3) is 5.91 Å². The normalized spacial score (nSPS) is 14.0. The third kappa shape index (κ3) is 9.40. The van der Waals surface area contributed by atoms with Crippen LogP contribution in [0.3, 0.4) is 0 Å². The smallest absolute Gasteiger partial charge is 0.422 e. The van der Waals surface area contributed by atoms with Crippen molar-refractivity contribution >= 4 is 52.9 Å². The van der Waals surface area contributed by atoms with Crippen LogP contribution in [0.25, 0.3) is 0 Å². The number of halogens is 4. The molecule has 7 N–H and O–H groups in total. The molecule has 3 aromatic rings. The number of hydrogen-bond donors (Lipinski definition) is 6. The number of anilines is 3. The molecule has 1 aliphatic carbocycles. The van der Waals surface area contributed by atoms with E-state index in [1.165, 1.54) is 24.3 Å². The van der Waals surface area contributed by atoms with Gasteiger partial charge in [0.2, 0.25) is 11.9 Å².